The topological polar surface area (TPSA) is 70.2 Å². The summed E-state index contributed by atoms with van der Waals surface area (Å²) in [6.45, 7) is 0.319. The zero-order valence-electron chi connectivity index (χ0n) is 11.4. The Balaban J connectivity index is 1.76. The standard InChI is InChI=1S/C15H13Cl2N3O2/c16-12-5-1-10(2-6-12)9-18-15(22)20-19-14(21)11-3-7-13(17)8-4-11/h1-8H,9H2,(H,19,21)(H2,18,20,22). The largest absolute Gasteiger partial charge is 0.333 e. The Morgan fingerprint density at radius 2 is 1.36 bits per heavy atom. The van der Waals surface area contributed by atoms with Crippen LogP contribution in [0.15, 0.2) is 48.5 Å². The summed E-state index contributed by atoms with van der Waals surface area (Å²) in [7, 11) is 0. The lowest BCUT2D eigenvalue weighted by Gasteiger charge is -2.09. The Morgan fingerprint density at radius 1 is 0.818 bits per heavy atom. The maximum Gasteiger partial charge on any atom is 0.333 e. The molecule has 7 heteroatoms. The average molecular weight is 338 g/mol. The lowest BCUT2D eigenvalue weighted by molar-refractivity contribution is 0.0936. The smallest absolute Gasteiger partial charge is 0.333 e. The number of carbonyl (C=O) groups is 2. The molecular weight excluding hydrogens is 325 g/mol. The highest BCUT2D eigenvalue weighted by Gasteiger charge is 2.06. The minimum Gasteiger partial charge on any atom is -0.333 e. The summed E-state index contributed by atoms with van der Waals surface area (Å²) in [4.78, 5) is 23.3. The van der Waals surface area contributed by atoms with E-state index in [-0.39, 0.29) is 0 Å². The van der Waals surface area contributed by atoms with Gasteiger partial charge in [-0.15, -0.1) is 0 Å². The molecule has 0 bridgehead atoms. The van der Waals surface area contributed by atoms with E-state index in [1.165, 1.54) is 0 Å². The highest BCUT2D eigenvalue weighted by atomic mass is 35.5. The SMILES string of the molecule is O=C(NCc1ccc(Cl)cc1)NNC(=O)c1ccc(Cl)cc1. The lowest BCUT2D eigenvalue weighted by atomic mass is 10.2. The molecule has 0 saturated carbocycles. The molecule has 2 aromatic rings. The molecule has 114 valence electrons. The number of amides is 3. The Morgan fingerprint density at radius 3 is 1.95 bits per heavy atom. The first-order chi connectivity index (χ1) is 10.5. The molecule has 0 spiro atoms. The number of rotatable bonds is 3. The van der Waals surface area contributed by atoms with Crippen LogP contribution in [-0.2, 0) is 6.54 Å². The lowest BCUT2D eigenvalue weighted by Crippen LogP contribution is -2.46. The number of nitrogens with one attached hydrogen (secondary N) is 3. The molecule has 0 aromatic heterocycles. The van der Waals surface area contributed by atoms with E-state index in [1.807, 2.05) is 0 Å². The van der Waals surface area contributed by atoms with Crippen LogP contribution in [0.25, 0.3) is 0 Å². The number of benzene rings is 2. The third kappa shape index (κ3) is 4.95. The highest BCUT2D eigenvalue weighted by Crippen LogP contribution is 2.09. The van der Waals surface area contributed by atoms with E-state index in [2.05, 4.69) is 16.2 Å². The molecule has 5 nitrogen and oxygen atoms in total. The van der Waals surface area contributed by atoms with Gasteiger partial charge in [0.25, 0.3) is 5.91 Å². The molecule has 0 unspecified atom stereocenters. The van der Waals surface area contributed by atoms with Crippen molar-refractivity contribution in [3.8, 4) is 0 Å². The van der Waals surface area contributed by atoms with E-state index in [9.17, 15) is 9.59 Å². The van der Waals surface area contributed by atoms with E-state index < -0.39 is 11.9 Å². The molecule has 3 N–H and O–H groups in total. The second-order valence-corrected chi connectivity index (χ2v) is 5.27. The Hall–Kier alpha value is -2.24. The van der Waals surface area contributed by atoms with Crippen LogP contribution in [0.3, 0.4) is 0 Å². The van der Waals surface area contributed by atoms with E-state index in [4.69, 9.17) is 23.2 Å². The van der Waals surface area contributed by atoms with E-state index >= 15 is 0 Å². The normalized spacial score (nSPS) is 9.91. The summed E-state index contributed by atoms with van der Waals surface area (Å²) in [6, 6.07) is 12.9. The molecule has 0 radical (unpaired) electrons. The number of hydrazine groups is 1. The van der Waals surface area contributed by atoms with Crippen molar-refractivity contribution < 1.29 is 9.59 Å². The van der Waals surface area contributed by atoms with Crippen LogP contribution in [0, 0.1) is 0 Å². The van der Waals surface area contributed by atoms with Crippen LogP contribution in [0.4, 0.5) is 4.79 Å². The Kier molecular flexibility index (Phi) is 5.63. The van der Waals surface area contributed by atoms with E-state index in [0.717, 1.165) is 5.56 Å². The molecule has 2 aromatic carbocycles. The summed E-state index contributed by atoms with van der Waals surface area (Å²) in [5, 5.41) is 3.77. The predicted octanol–water partition coefficient (Wildman–Crippen LogP) is 3.14. The molecule has 22 heavy (non-hydrogen) atoms. The van der Waals surface area contributed by atoms with Crippen molar-refractivity contribution in [2.24, 2.45) is 0 Å². The van der Waals surface area contributed by atoms with Gasteiger partial charge in [-0.2, -0.15) is 0 Å². The van der Waals surface area contributed by atoms with Gasteiger partial charge in [-0.05, 0) is 42.0 Å². The van der Waals surface area contributed by atoms with Crippen molar-refractivity contribution in [3.63, 3.8) is 0 Å². The van der Waals surface area contributed by atoms with Crippen LogP contribution in [-0.4, -0.2) is 11.9 Å². The van der Waals surface area contributed by atoms with Gasteiger partial charge in [0.2, 0.25) is 0 Å². The van der Waals surface area contributed by atoms with Crippen LogP contribution in [0.2, 0.25) is 10.0 Å². The van der Waals surface area contributed by atoms with Crippen LogP contribution >= 0.6 is 23.2 Å². The van der Waals surface area contributed by atoms with Crippen LogP contribution in [0.5, 0.6) is 0 Å². The molecule has 2 rings (SSSR count). The maximum absolute atomic E-state index is 11.8. The summed E-state index contributed by atoms with van der Waals surface area (Å²) in [6.07, 6.45) is 0. The van der Waals surface area contributed by atoms with Gasteiger partial charge in [-0.25, -0.2) is 10.2 Å². The summed E-state index contributed by atoms with van der Waals surface area (Å²) >= 11 is 11.5. The average Bonchev–Trinajstić information content (AvgIpc) is 2.52. The van der Waals surface area contributed by atoms with Crippen LogP contribution in [0.1, 0.15) is 15.9 Å². The van der Waals surface area contributed by atoms with E-state index in [1.54, 1.807) is 48.5 Å². The summed E-state index contributed by atoms with van der Waals surface area (Å²) in [5.41, 5.74) is 5.85. The van der Waals surface area contributed by atoms with Crippen LogP contribution < -0.4 is 16.2 Å². The van der Waals surface area contributed by atoms with Gasteiger partial charge < -0.3 is 5.32 Å². The second-order valence-electron chi connectivity index (χ2n) is 4.40. The Bertz CT molecular complexity index is 657. The number of urea groups is 1. The third-order valence-electron chi connectivity index (χ3n) is 2.76. The van der Waals surface area contributed by atoms with Gasteiger partial charge in [0, 0.05) is 22.2 Å². The molecule has 0 aliphatic carbocycles. The molecule has 0 aliphatic heterocycles. The summed E-state index contributed by atoms with van der Waals surface area (Å²) in [5.74, 6) is -0.432. The van der Waals surface area contributed by atoms with Crippen molar-refractivity contribution in [2.45, 2.75) is 6.54 Å². The van der Waals surface area contributed by atoms with Gasteiger partial charge in [0.15, 0.2) is 0 Å². The minimum absolute atomic E-state index is 0.319. The minimum atomic E-state index is -0.516. The van der Waals surface area contributed by atoms with Gasteiger partial charge >= 0.3 is 6.03 Å². The van der Waals surface area contributed by atoms with Crippen molar-refractivity contribution in [3.05, 3.63) is 69.7 Å². The number of carbonyl (C=O) groups excluding carboxylic acids is 2. The molecular formula is C15H13Cl2N3O2. The zero-order valence-corrected chi connectivity index (χ0v) is 12.9. The number of hydrogen-bond donors (Lipinski definition) is 3. The van der Waals surface area contributed by atoms with Gasteiger partial charge in [0.1, 0.15) is 0 Å². The molecule has 3 amide bonds. The molecule has 0 fully saturated rings. The predicted molar refractivity (Wildman–Crippen MR) is 85.7 cm³/mol. The van der Waals surface area contributed by atoms with Gasteiger partial charge in [-0.3, -0.25) is 10.2 Å². The first kappa shape index (κ1) is 16.1. The molecule has 0 heterocycles. The fourth-order valence-electron chi connectivity index (χ4n) is 1.62. The molecule has 0 saturated heterocycles. The highest BCUT2D eigenvalue weighted by molar-refractivity contribution is 6.30. The summed E-state index contributed by atoms with van der Waals surface area (Å²) < 4.78 is 0. The zero-order chi connectivity index (χ0) is 15.9. The van der Waals surface area contributed by atoms with E-state index in [0.29, 0.717) is 22.2 Å². The van der Waals surface area contributed by atoms with Crippen molar-refractivity contribution in [1.82, 2.24) is 16.2 Å². The number of hydrogen-bond acceptors (Lipinski definition) is 2. The van der Waals surface area contributed by atoms with Crippen molar-refractivity contribution >= 4 is 35.1 Å². The Labute approximate surface area is 137 Å². The van der Waals surface area contributed by atoms with Gasteiger partial charge in [-0.1, -0.05) is 35.3 Å². The fraction of sp³-hybridized carbons (Fsp3) is 0.0667. The van der Waals surface area contributed by atoms with Crippen molar-refractivity contribution in [2.75, 3.05) is 0 Å². The fourth-order valence-corrected chi connectivity index (χ4v) is 1.87. The third-order valence-corrected chi connectivity index (χ3v) is 3.27. The first-order valence-corrected chi connectivity index (χ1v) is 7.14. The quantitative estimate of drug-likeness (QED) is 0.753. The van der Waals surface area contributed by atoms with Gasteiger partial charge in [0.05, 0.1) is 0 Å². The number of halogens is 2. The monoisotopic (exact) mass is 337 g/mol. The van der Waals surface area contributed by atoms with Crippen molar-refractivity contribution in [1.29, 1.82) is 0 Å². The molecule has 0 aliphatic rings. The first-order valence-electron chi connectivity index (χ1n) is 6.39. The maximum atomic E-state index is 11.8. The molecule has 0 atom stereocenters. The second kappa shape index (κ2) is 7.68.